The molecule has 0 fully saturated rings. The molecular weight excluding hydrogens is 390 g/mol. The molecule has 0 saturated carbocycles. The zero-order valence-electron chi connectivity index (χ0n) is 17.1. The van der Waals surface area contributed by atoms with E-state index in [1.54, 1.807) is 18.2 Å². The smallest absolute Gasteiger partial charge is 0.255 e. The molecule has 6 nitrogen and oxygen atoms in total. The number of benzene rings is 3. The fraction of sp³-hybridized carbons (Fsp3) is 0.160. The van der Waals surface area contributed by atoms with Gasteiger partial charge in [-0.15, -0.1) is 0 Å². The highest BCUT2D eigenvalue weighted by molar-refractivity contribution is 6.04. The Morgan fingerprint density at radius 1 is 0.677 bits per heavy atom. The number of anilines is 1. The Kier molecular flexibility index (Phi) is 7.94. The molecule has 3 aromatic carbocycles. The van der Waals surface area contributed by atoms with Crippen LogP contribution in [0.5, 0.6) is 0 Å². The summed E-state index contributed by atoms with van der Waals surface area (Å²) in [5.41, 5.74) is 2.99. The molecule has 0 heterocycles. The molecule has 0 aliphatic heterocycles. The lowest BCUT2D eigenvalue weighted by Crippen LogP contribution is -2.31. The minimum Gasteiger partial charge on any atom is -0.355 e. The Balaban J connectivity index is 1.40. The highest BCUT2D eigenvalue weighted by atomic mass is 16.2. The summed E-state index contributed by atoms with van der Waals surface area (Å²) in [4.78, 5) is 36.4. The number of nitrogens with one attached hydrogen (secondary N) is 3. The van der Waals surface area contributed by atoms with Gasteiger partial charge >= 0.3 is 0 Å². The van der Waals surface area contributed by atoms with Gasteiger partial charge in [0.05, 0.1) is 6.42 Å². The summed E-state index contributed by atoms with van der Waals surface area (Å²) < 4.78 is 0. The Labute approximate surface area is 181 Å². The second kappa shape index (κ2) is 11.3. The minimum atomic E-state index is -0.208. The summed E-state index contributed by atoms with van der Waals surface area (Å²) in [6.45, 7) is 0.584. The SMILES string of the molecule is O=C(CCNC(=O)Cc1ccccc1)NCc1cccc(C(=O)Nc2ccccc2)c1. The predicted molar refractivity (Wildman–Crippen MR) is 120 cm³/mol. The van der Waals surface area contributed by atoms with Crippen LogP contribution in [-0.2, 0) is 22.6 Å². The second-order valence-corrected chi connectivity index (χ2v) is 7.06. The lowest BCUT2D eigenvalue weighted by Gasteiger charge is -2.09. The molecule has 0 bridgehead atoms. The third-order valence-corrected chi connectivity index (χ3v) is 4.59. The first-order valence-electron chi connectivity index (χ1n) is 10.1. The van der Waals surface area contributed by atoms with E-state index in [1.165, 1.54) is 0 Å². The van der Waals surface area contributed by atoms with Crippen molar-refractivity contribution < 1.29 is 14.4 Å². The summed E-state index contributed by atoms with van der Waals surface area (Å²) in [5, 5.41) is 8.41. The van der Waals surface area contributed by atoms with Crippen molar-refractivity contribution in [3.8, 4) is 0 Å². The molecule has 31 heavy (non-hydrogen) atoms. The van der Waals surface area contributed by atoms with Gasteiger partial charge in [-0.1, -0.05) is 60.7 Å². The molecule has 0 aromatic heterocycles. The van der Waals surface area contributed by atoms with E-state index in [4.69, 9.17) is 0 Å². The molecule has 3 aromatic rings. The summed E-state index contributed by atoms with van der Waals surface area (Å²) in [6, 6.07) is 25.8. The predicted octanol–water partition coefficient (Wildman–Crippen LogP) is 3.30. The molecule has 6 heteroatoms. The molecule has 0 aliphatic carbocycles. The van der Waals surface area contributed by atoms with Crippen LogP contribution < -0.4 is 16.0 Å². The molecule has 0 saturated heterocycles. The molecule has 0 spiro atoms. The largest absolute Gasteiger partial charge is 0.355 e. The standard InChI is InChI=1S/C25H25N3O3/c29-23(14-15-26-24(30)17-19-8-3-1-4-9-19)27-18-20-10-7-11-21(16-20)25(31)28-22-12-5-2-6-13-22/h1-13,16H,14-15,17-18H2,(H,26,30)(H,27,29)(H,28,31). The van der Waals surface area contributed by atoms with Crippen LogP contribution in [0.4, 0.5) is 5.69 Å². The van der Waals surface area contributed by atoms with E-state index >= 15 is 0 Å². The lowest BCUT2D eigenvalue weighted by atomic mass is 10.1. The zero-order chi connectivity index (χ0) is 21.9. The summed E-state index contributed by atoms with van der Waals surface area (Å²) in [6.07, 6.45) is 0.481. The van der Waals surface area contributed by atoms with Gasteiger partial charge in [-0.05, 0) is 35.4 Å². The van der Waals surface area contributed by atoms with E-state index in [9.17, 15) is 14.4 Å². The number of amides is 3. The monoisotopic (exact) mass is 415 g/mol. The van der Waals surface area contributed by atoms with E-state index in [1.807, 2.05) is 66.7 Å². The molecular formula is C25H25N3O3. The van der Waals surface area contributed by atoms with Gasteiger partial charge in [-0.25, -0.2) is 0 Å². The van der Waals surface area contributed by atoms with Gasteiger partial charge < -0.3 is 16.0 Å². The third-order valence-electron chi connectivity index (χ3n) is 4.59. The fourth-order valence-electron chi connectivity index (χ4n) is 3.00. The Hall–Kier alpha value is -3.93. The van der Waals surface area contributed by atoms with E-state index in [0.717, 1.165) is 16.8 Å². The van der Waals surface area contributed by atoms with Crippen LogP contribution in [0.1, 0.15) is 27.9 Å². The lowest BCUT2D eigenvalue weighted by molar-refractivity contribution is -0.122. The van der Waals surface area contributed by atoms with Crippen LogP contribution in [0.15, 0.2) is 84.9 Å². The third kappa shape index (κ3) is 7.44. The molecule has 0 aliphatic rings. The molecule has 3 rings (SSSR count). The maximum absolute atomic E-state index is 12.4. The van der Waals surface area contributed by atoms with Crippen LogP contribution in [0, 0.1) is 0 Å². The molecule has 0 radical (unpaired) electrons. The molecule has 3 N–H and O–H groups in total. The van der Waals surface area contributed by atoms with Crippen LogP contribution in [0.25, 0.3) is 0 Å². The van der Waals surface area contributed by atoms with E-state index in [2.05, 4.69) is 16.0 Å². The van der Waals surface area contributed by atoms with Gasteiger partial charge in [0, 0.05) is 30.8 Å². The molecule has 0 unspecified atom stereocenters. The zero-order valence-corrected chi connectivity index (χ0v) is 17.1. The highest BCUT2D eigenvalue weighted by Gasteiger charge is 2.08. The first-order valence-corrected chi connectivity index (χ1v) is 10.1. The second-order valence-electron chi connectivity index (χ2n) is 7.06. The normalized spacial score (nSPS) is 10.2. The van der Waals surface area contributed by atoms with Crippen molar-refractivity contribution in [1.29, 1.82) is 0 Å². The number of carbonyl (C=O) groups excluding carboxylic acids is 3. The van der Waals surface area contributed by atoms with Crippen molar-refractivity contribution in [3.63, 3.8) is 0 Å². The summed E-state index contributed by atoms with van der Waals surface area (Å²) in [5.74, 6) is -0.490. The summed E-state index contributed by atoms with van der Waals surface area (Å²) >= 11 is 0. The average molecular weight is 415 g/mol. The van der Waals surface area contributed by atoms with Crippen LogP contribution in [-0.4, -0.2) is 24.3 Å². The quantitative estimate of drug-likeness (QED) is 0.501. The molecule has 158 valence electrons. The van der Waals surface area contributed by atoms with E-state index in [-0.39, 0.29) is 30.7 Å². The van der Waals surface area contributed by atoms with Crippen molar-refractivity contribution in [2.45, 2.75) is 19.4 Å². The molecule has 0 atom stereocenters. The fourth-order valence-corrected chi connectivity index (χ4v) is 3.00. The van der Waals surface area contributed by atoms with Gasteiger partial charge in [0.25, 0.3) is 5.91 Å². The van der Waals surface area contributed by atoms with Crippen molar-refractivity contribution in [1.82, 2.24) is 10.6 Å². The topological polar surface area (TPSA) is 87.3 Å². The van der Waals surface area contributed by atoms with Crippen LogP contribution in [0.3, 0.4) is 0 Å². The van der Waals surface area contributed by atoms with Crippen molar-refractivity contribution in [3.05, 3.63) is 102 Å². The maximum atomic E-state index is 12.4. The van der Waals surface area contributed by atoms with Gasteiger partial charge in [0.15, 0.2) is 0 Å². The number of hydrogen-bond donors (Lipinski definition) is 3. The highest BCUT2D eigenvalue weighted by Crippen LogP contribution is 2.10. The van der Waals surface area contributed by atoms with E-state index < -0.39 is 0 Å². The van der Waals surface area contributed by atoms with Crippen molar-refractivity contribution in [2.75, 3.05) is 11.9 Å². The Morgan fingerprint density at radius 3 is 2.10 bits per heavy atom. The van der Waals surface area contributed by atoms with Crippen molar-refractivity contribution >= 4 is 23.4 Å². The maximum Gasteiger partial charge on any atom is 0.255 e. The minimum absolute atomic E-state index is 0.115. The first kappa shape index (κ1) is 21.8. The average Bonchev–Trinajstić information content (AvgIpc) is 2.79. The Bertz CT molecular complexity index is 1020. The van der Waals surface area contributed by atoms with Gasteiger partial charge in [0.1, 0.15) is 0 Å². The number of hydrogen-bond acceptors (Lipinski definition) is 3. The first-order chi connectivity index (χ1) is 15.1. The number of para-hydroxylation sites is 1. The van der Waals surface area contributed by atoms with Crippen LogP contribution in [0.2, 0.25) is 0 Å². The van der Waals surface area contributed by atoms with Gasteiger partial charge in [-0.2, -0.15) is 0 Å². The van der Waals surface area contributed by atoms with Crippen LogP contribution >= 0.6 is 0 Å². The Morgan fingerprint density at radius 2 is 1.35 bits per heavy atom. The number of carbonyl (C=O) groups is 3. The van der Waals surface area contributed by atoms with Gasteiger partial charge in [0.2, 0.25) is 11.8 Å². The van der Waals surface area contributed by atoms with Gasteiger partial charge in [-0.3, -0.25) is 14.4 Å². The summed E-state index contributed by atoms with van der Waals surface area (Å²) in [7, 11) is 0. The van der Waals surface area contributed by atoms with E-state index in [0.29, 0.717) is 18.5 Å². The molecule has 3 amide bonds. The van der Waals surface area contributed by atoms with Crippen molar-refractivity contribution in [2.24, 2.45) is 0 Å². The number of rotatable bonds is 9.